The molecule has 3 rings (SSSR count). The van der Waals surface area contributed by atoms with Crippen molar-refractivity contribution >= 4 is 33.2 Å². The molecule has 0 aliphatic rings. The molecule has 24 heavy (non-hydrogen) atoms. The van der Waals surface area contributed by atoms with Crippen molar-refractivity contribution in [2.24, 2.45) is 0 Å². The summed E-state index contributed by atoms with van der Waals surface area (Å²) < 4.78 is 6.73. The highest BCUT2D eigenvalue weighted by Gasteiger charge is 2.13. The molecule has 1 heterocycles. The van der Waals surface area contributed by atoms with E-state index in [1.54, 1.807) is 18.2 Å². The molecule has 122 valence electrons. The second kappa shape index (κ2) is 6.53. The molecular weight excluding hydrogens is 368 g/mol. The van der Waals surface area contributed by atoms with Crippen LogP contribution in [-0.2, 0) is 0 Å². The predicted molar refractivity (Wildman–Crippen MR) is 100 cm³/mol. The SMILES string of the molecule is Cc1ccc(NC(=O)c2ccc(-c3ccc(Br)c(C)c3)o2)cc1N. The van der Waals surface area contributed by atoms with Gasteiger partial charge in [-0.15, -0.1) is 0 Å². The van der Waals surface area contributed by atoms with E-state index in [0.717, 1.165) is 21.2 Å². The number of carbonyl (C=O) groups is 1. The molecule has 3 N–H and O–H groups in total. The molecule has 0 atom stereocenters. The van der Waals surface area contributed by atoms with E-state index in [4.69, 9.17) is 10.2 Å². The van der Waals surface area contributed by atoms with E-state index in [1.165, 1.54) is 0 Å². The summed E-state index contributed by atoms with van der Waals surface area (Å²) in [5.74, 6) is 0.599. The lowest BCUT2D eigenvalue weighted by Crippen LogP contribution is -2.11. The molecule has 0 unspecified atom stereocenters. The standard InChI is InChI=1S/C19H17BrN2O2/c1-11-3-5-14(10-16(11)21)22-19(23)18-8-7-17(24-18)13-4-6-15(20)12(2)9-13/h3-10H,21H2,1-2H3,(H,22,23). The molecule has 4 nitrogen and oxygen atoms in total. The van der Waals surface area contributed by atoms with Gasteiger partial charge >= 0.3 is 0 Å². The molecule has 5 heteroatoms. The summed E-state index contributed by atoms with van der Waals surface area (Å²) in [7, 11) is 0. The number of hydrogen-bond donors (Lipinski definition) is 2. The van der Waals surface area contributed by atoms with Crippen molar-refractivity contribution in [3.8, 4) is 11.3 Å². The van der Waals surface area contributed by atoms with E-state index in [9.17, 15) is 4.79 Å². The average Bonchev–Trinajstić information content (AvgIpc) is 3.04. The van der Waals surface area contributed by atoms with E-state index in [2.05, 4.69) is 21.2 Å². The maximum Gasteiger partial charge on any atom is 0.291 e. The largest absolute Gasteiger partial charge is 0.451 e. The minimum atomic E-state index is -0.307. The molecule has 0 bridgehead atoms. The lowest BCUT2D eigenvalue weighted by Gasteiger charge is -2.06. The molecule has 1 aromatic heterocycles. The maximum atomic E-state index is 12.3. The van der Waals surface area contributed by atoms with Gasteiger partial charge in [0.2, 0.25) is 0 Å². The third-order valence-corrected chi connectivity index (χ3v) is 4.70. The quantitative estimate of drug-likeness (QED) is 0.612. The Morgan fingerprint density at radius 2 is 1.83 bits per heavy atom. The number of rotatable bonds is 3. The van der Waals surface area contributed by atoms with Gasteiger partial charge in [0.05, 0.1) is 0 Å². The fraction of sp³-hybridized carbons (Fsp3) is 0.105. The summed E-state index contributed by atoms with van der Waals surface area (Å²) in [6.07, 6.45) is 0. The molecule has 0 spiro atoms. The number of amides is 1. The molecule has 0 aliphatic heterocycles. The first-order valence-electron chi connectivity index (χ1n) is 7.48. The van der Waals surface area contributed by atoms with Gasteiger partial charge in [-0.2, -0.15) is 0 Å². The molecular formula is C19H17BrN2O2. The molecule has 3 aromatic rings. The minimum Gasteiger partial charge on any atom is -0.451 e. The first-order chi connectivity index (χ1) is 11.4. The number of halogens is 1. The lowest BCUT2D eigenvalue weighted by molar-refractivity contribution is 0.0997. The smallest absolute Gasteiger partial charge is 0.291 e. The topological polar surface area (TPSA) is 68.3 Å². The Morgan fingerprint density at radius 3 is 2.54 bits per heavy atom. The number of benzene rings is 2. The summed E-state index contributed by atoms with van der Waals surface area (Å²) in [6.45, 7) is 3.92. The minimum absolute atomic E-state index is 0.254. The highest BCUT2D eigenvalue weighted by atomic mass is 79.9. The Bertz CT molecular complexity index is 915. The first kappa shape index (κ1) is 16.3. The van der Waals surface area contributed by atoms with Crippen LogP contribution in [0.2, 0.25) is 0 Å². The van der Waals surface area contributed by atoms with Gasteiger partial charge in [0.25, 0.3) is 5.91 Å². The monoisotopic (exact) mass is 384 g/mol. The van der Waals surface area contributed by atoms with Crippen LogP contribution < -0.4 is 11.1 Å². The number of carbonyl (C=O) groups excluding carboxylic acids is 1. The van der Waals surface area contributed by atoms with Gasteiger partial charge in [-0.05, 0) is 61.4 Å². The lowest BCUT2D eigenvalue weighted by atomic mass is 10.1. The van der Waals surface area contributed by atoms with Crippen molar-refractivity contribution in [1.82, 2.24) is 0 Å². The number of nitrogens with two attached hydrogens (primary N) is 1. The van der Waals surface area contributed by atoms with Gasteiger partial charge in [0.15, 0.2) is 5.76 Å². The van der Waals surface area contributed by atoms with Gasteiger partial charge < -0.3 is 15.5 Å². The zero-order valence-electron chi connectivity index (χ0n) is 13.4. The van der Waals surface area contributed by atoms with Crippen molar-refractivity contribution in [2.75, 3.05) is 11.1 Å². The number of furan rings is 1. The molecule has 0 saturated carbocycles. The third kappa shape index (κ3) is 3.36. The average molecular weight is 385 g/mol. The Kier molecular flexibility index (Phi) is 4.44. The summed E-state index contributed by atoms with van der Waals surface area (Å²) in [5.41, 5.74) is 10.1. The Hall–Kier alpha value is -2.53. The zero-order valence-corrected chi connectivity index (χ0v) is 15.0. The van der Waals surface area contributed by atoms with E-state index in [1.807, 2.05) is 44.2 Å². The van der Waals surface area contributed by atoms with Gasteiger partial charge in [-0.25, -0.2) is 0 Å². The fourth-order valence-electron chi connectivity index (χ4n) is 2.32. The zero-order chi connectivity index (χ0) is 17.3. The Labute approximate surface area is 148 Å². The second-order valence-electron chi connectivity index (χ2n) is 5.65. The second-order valence-corrected chi connectivity index (χ2v) is 6.51. The van der Waals surface area contributed by atoms with Crippen LogP contribution in [-0.4, -0.2) is 5.91 Å². The highest BCUT2D eigenvalue weighted by Crippen LogP contribution is 2.27. The van der Waals surface area contributed by atoms with Gasteiger partial charge in [0, 0.05) is 21.4 Å². The predicted octanol–water partition coefficient (Wildman–Crippen LogP) is 5.16. The summed E-state index contributed by atoms with van der Waals surface area (Å²) in [5, 5.41) is 2.79. The van der Waals surface area contributed by atoms with Crippen LogP contribution in [0.3, 0.4) is 0 Å². The van der Waals surface area contributed by atoms with Crippen LogP contribution in [0, 0.1) is 13.8 Å². The fourth-order valence-corrected chi connectivity index (χ4v) is 2.57. The van der Waals surface area contributed by atoms with E-state index in [-0.39, 0.29) is 11.7 Å². The normalized spacial score (nSPS) is 10.6. The van der Waals surface area contributed by atoms with Crippen LogP contribution >= 0.6 is 15.9 Å². The van der Waals surface area contributed by atoms with E-state index >= 15 is 0 Å². The van der Waals surface area contributed by atoms with Crippen LogP contribution in [0.15, 0.2) is 57.4 Å². The van der Waals surface area contributed by atoms with Crippen molar-refractivity contribution in [1.29, 1.82) is 0 Å². The molecule has 2 aromatic carbocycles. The summed E-state index contributed by atoms with van der Waals surface area (Å²) >= 11 is 3.47. The number of nitrogen functional groups attached to an aromatic ring is 1. The summed E-state index contributed by atoms with van der Waals surface area (Å²) in [4.78, 5) is 12.3. The van der Waals surface area contributed by atoms with Crippen LogP contribution in [0.25, 0.3) is 11.3 Å². The van der Waals surface area contributed by atoms with Crippen LogP contribution in [0.5, 0.6) is 0 Å². The third-order valence-electron chi connectivity index (χ3n) is 3.81. The molecule has 0 fully saturated rings. The van der Waals surface area contributed by atoms with Crippen LogP contribution in [0.4, 0.5) is 11.4 Å². The Morgan fingerprint density at radius 1 is 1.04 bits per heavy atom. The molecule has 1 amide bonds. The highest BCUT2D eigenvalue weighted by molar-refractivity contribution is 9.10. The van der Waals surface area contributed by atoms with Crippen molar-refractivity contribution in [2.45, 2.75) is 13.8 Å². The van der Waals surface area contributed by atoms with Gasteiger partial charge in [-0.1, -0.05) is 28.1 Å². The van der Waals surface area contributed by atoms with Crippen molar-refractivity contribution < 1.29 is 9.21 Å². The maximum absolute atomic E-state index is 12.3. The number of aryl methyl sites for hydroxylation is 2. The molecule has 0 saturated heterocycles. The van der Waals surface area contributed by atoms with Crippen molar-refractivity contribution in [3.05, 3.63) is 69.9 Å². The number of nitrogens with one attached hydrogen (secondary N) is 1. The van der Waals surface area contributed by atoms with Crippen LogP contribution in [0.1, 0.15) is 21.7 Å². The molecule has 0 aliphatic carbocycles. The van der Waals surface area contributed by atoms with Gasteiger partial charge in [-0.3, -0.25) is 4.79 Å². The Balaban J connectivity index is 1.80. The number of hydrogen-bond acceptors (Lipinski definition) is 3. The molecule has 0 radical (unpaired) electrons. The number of anilines is 2. The first-order valence-corrected chi connectivity index (χ1v) is 8.27. The van der Waals surface area contributed by atoms with Crippen molar-refractivity contribution in [3.63, 3.8) is 0 Å². The van der Waals surface area contributed by atoms with E-state index < -0.39 is 0 Å². The summed E-state index contributed by atoms with van der Waals surface area (Å²) in [6, 6.07) is 14.8. The van der Waals surface area contributed by atoms with Gasteiger partial charge in [0.1, 0.15) is 5.76 Å². The van der Waals surface area contributed by atoms with E-state index in [0.29, 0.717) is 17.1 Å².